The number of carboxylic acids is 1. The van der Waals surface area contributed by atoms with E-state index in [1.54, 1.807) is 6.92 Å². The van der Waals surface area contributed by atoms with Crippen LogP contribution in [0.3, 0.4) is 0 Å². The Hall–Kier alpha value is -1.32. The number of rotatable bonds is 3. The zero-order valence-electron chi connectivity index (χ0n) is 9.86. The summed E-state index contributed by atoms with van der Waals surface area (Å²) in [6.45, 7) is 1.75. The summed E-state index contributed by atoms with van der Waals surface area (Å²) in [6.07, 6.45) is 5.11. The van der Waals surface area contributed by atoms with Gasteiger partial charge in [-0.3, -0.25) is 9.48 Å². The lowest BCUT2D eigenvalue weighted by Gasteiger charge is -2.12. The molecule has 1 aliphatic rings. The Morgan fingerprint density at radius 3 is 2.88 bits per heavy atom. The Labute approximate surface area is 95.3 Å². The van der Waals surface area contributed by atoms with Crippen molar-refractivity contribution in [3.63, 3.8) is 0 Å². The third-order valence-electron chi connectivity index (χ3n) is 3.37. The zero-order chi connectivity index (χ0) is 11.7. The molecule has 1 heterocycles. The van der Waals surface area contributed by atoms with Crippen LogP contribution in [0, 0.1) is 5.92 Å². The van der Waals surface area contributed by atoms with Gasteiger partial charge < -0.3 is 5.11 Å². The van der Waals surface area contributed by atoms with E-state index in [1.165, 1.54) is 24.1 Å². The Morgan fingerprint density at radius 1 is 1.50 bits per heavy atom. The van der Waals surface area contributed by atoms with Crippen LogP contribution in [0.25, 0.3) is 0 Å². The smallest absolute Gasteiger partial charge is 0.306 e. The highest BCUT2D eigenvalue weighted by atomic mass is 16.4. The summed E-state index contributed by atoms with van der Waals surface area (Å²) in [5, 5.41) is 13.4. The second-order valence-corrected chi connectivity index (χ2v) is 4.65. The number of carboxylic acid groups (broad SMARTS) is 1. The fraction of sp³-hybridized carbons (Fsp3) is 0.667. The normalized spacial score (nSPS) is 16.9. The van der Waals surface area contributed by atoms with Gasteiger partial charge in [0.05, 0.1) is 11.6 Å². The van der Waals surface area contributed by atoms with Crippen LogP contribution >= 0.6 is 0 Å². The van der Waals surface area contributed by atoms with Crippen molar-refractivity contribution in [3.05, 3.63) is 17.0 Å². The largest absolute Gasteiger partial charge is 0.481 e. The molecule has 16 heavy (non-hydrogen) atoms. The predicted molar refractivity (Wildman–Crippen MR) is 60.4 cm³/mol. The van der Waals surface area contributed by atoms with Gasteiger partial charge in [0, 0.05) is 19.2 Å². The molecule has 88 valence electrons. The van der Waals surface area contributed by atoms with E-state index in [4.69, 9.17) is 5.11 Å². The first-order valence-corrected chi connectivity index (χ1v) is 5.86. The monoisotopic (exact) mass is 222 g/mol. The number of aryl methyl sites for hydroxylation is 2. The van der Waals surface area contributed by atoms with Crippen molar-refractivity contribution < 1.29 is 9.90 Å². The maximum absolute atomic E-state index is 10.9. The molecule has 0 radical (unpaired) electrons. The molecule has 2 rings (SSSR count). The number of aliphatic carboxylic acids is 1. The molecule has 0 bridgehead atoms. The van der Waals surface area contributed by atoms with Gasteiger partial charge in [-0.2, -0.15) is 5.10 Å². The second-order valence-electron chi connectivity index (χ2n) is 4.65. The fourth-order valence-corrected chi connectivity index (χ4v) is 2.38. The van der Waals surface area contributed by atoms with Gasteiger partial charge in [0.25, 0.3) is 0 Å². The molecule has 1 unspecified atom stereocenters. The highest BCUT2D eigenvalue weighted by Crippen LogP contribution is 2.25. The van der Waals surface area contributed by atoms with Crippen LogP contribution in [0.4, 0.5) is 0 Å². The Balaban J connectivity index is 2.26. The summed E-state index contributed by atoms with van der Waals surface area (Å²) in [6, 6.07) is 0. The highest BCUT2D eigenvalue weighted by molar-refractivity contribution is 5.69. The minimum absolute atomic E-state index is 0.332. The van der Waals surface area contributed by atoms with Gasteiger partial charge >= 0.3 is 5.97 Å². The van der Waals surface area contributed by atoms with E-state index < -0.39 is 5.97 Å². The number of carbonyl (C=O) groups is 1. The van der Waals surface area contributed by atoms with Crippen LogP contribution in [0.15, 0.2) is 0 Å². The summed E-state index contributed by atoms with van der Waals surface area (Å²) in [5.41, 5.74) is 3.60. The lowest BCUT2D eigenvalue weighted by atomic mass is 9.93. The van der Waals surface area contributed by atoms with Gasteiger partial charge in [-0.05, 0) is 31.2 Å². The zero-order valence-corrected chi connectivity index (χ0v) is 9.86. The van der Waals surface area contributed by atoms with Crippen LogP contribution < -0.4 is 0 Å². The number of fused-ring (bicyclic) bond motifs is 1. The van der Waals surface area contributed by atoms with Crippen LogP contribution in [-0.2, 0) is 31.1 Å². The molecule has 0 amide bonds. The second kappa shape index (κ2) is 4.28. The molecule has 0 aliphatic heterocycles. The van der Waals surface area contributed by atoms with E-state index in [0.717, 1.165) is 18.5 Å². The lowest BCUT2D eigenvalue weighted by Crippen LogP contribution is -2.15. The van der Waals surface area contributed by atoms with Crippen LogP contribution in [0.1, 0.15) is 36.7 Å². The molecule has 4 heteroatoms. The standard InChI is InChI=1S/C12H18N2O2/c1-8(12(15)16)7-11-9-5-3-4-6-10(9)13-14(11)2/h8H,3-7H2,1-2H3,(H,15,16). The first-order valence-electron chi connectivity index (χ1n) is 5.86. The maximum Gasteiger partial charge on any atom is 0.306 e. The van der Waals surface area contributed by atoms with Gasteiger partial charge in [-0.15, -0.1) is 0 Å². The number of hydrogen-bond donors (Lipinski definition) is 1. The molecule has 4 nitrogen and oxygen atoms in total. The summed E-state index contributed by atoms with van der Waals surface area (Å²) in [5.74, 6) is -1.06. The molecule has 1 aromatic rings. The van der Waals surface area contributed by atoms with Gasteiger partial charge in [-0.1, -0.05) is 6.92 Å². The molecule has 1 aliphatic carbocycles. The van der Waals surface area contributed by atoms with Crippen molar-refractivity contribution >= 4 is 5.97 Å². The van der Waals surface area contributed by atoms with Gasteiger partial charge in [0.15, 0.2) is 0 Å². The number of hydrogen-bond acceptors (Lipinski definition) is 2. The van der Waals surface area contributed by atoms with Crippen LogP contribution in [-0.4, -0.2) is 20.9 Å². The summed E-state index contributed by atoms with van der Waals surface area (Å²) < 4.78 is 1.87. The molecule has 0 spiro atoms. The molecule has 0 saturated carbocycles. The Bertz CT molecular complexity index is 409. The van der Waals surface area contributed by atoms with Crippen LogP contribution in [0.2, 0.25) is 0 Å². The van der Waals surface area contributed by atoms with E-state index in [0.29, 0.717) is 6.42 Å². The quantitative estimate of drug-likeness (QED) is 0.844. The predicted octanol–water partition coefficient (Wildman–Crippen LogP) is 1.56. The van der Waals surface area contributed by atoms with E-state index in [2.05, 4.69) is 5.10 Å². The van der Waals surface area contributed by atoms with E-state index in [1.807, 2.05) is 11.7 Å². The maximum atomic E-state index is 10.9. The van der Waals surface area contributed by atoms with Crippen molar-refractivity contribution in [2.45, 2.75) is 39.0 Å². The summed E-state index contributed by atoms with van der Waals surface area (Å²) in [7, 11) is 1.92. The van der Waals surface area contributed by atoms with Crippen molar-refractivity contribution in [2.75, 3.05) is 0 Å². The Kier molecular flexibility index (Phi) is 2.99. The molecular formula is C12H18N2O2. The molecule has 1 atom stereocenters. The molecule has 0 fully saturated rings. The van der Waals surface area contributed by atoms with E-state index >= 15 is 0 Å². The average molecular weight is 222 g/mol. The highest BCUT2D eigenvalue weighted by Gasteiger charge is 2.22. The first-order chi connectivity index (χ1) is 7.59. The first kappa shape index (κ1) is 11.2. The fourth-order valence-electron chi connectivity index (χ4n) is 2.38. The SMILES string of the molecule is CC(Cc1c2c(nn1C)CCCC2)C(=O)O. The summed E-state index contributed by atoms with van der Waals surface area (Å²) in [4.78, 5) is 10.9. The minimum atomic E-state index is -0.731. The molecule has 0 saturated heterocycles. The van der Waals surface area contributed by atoms with Crippen LogP contribution in [0.5, 0.6) is 0 Å². The van der Waals surface area contributed by atoms with Gasteiger partial charge in [0.2, 0.25) is 0 Å². The molecule has 1 N–H and O–H groups in total. The van der Waals surface area contributed by atoms with Crippen molar-refractivity contribution in [1.29, 1.82) is 0 Å². The van der Waals surface area contributed by atoms with Crippen molar-refractivity contribution in [1.82, 2.24) is 9.78 Å². The topological polar surface area (TPSA) is 55.1 Å². The minimum Gasteiger partial charge on any atom is -0.481 e. The average Bonchev–Trinajstić information content (AvgIpc) is 2.55. The van der Waals surface area contributed by atoms with E-state index in [-0.39, 0.29) is 5.92 Å². The number of aromatic nitrogens is 2. The Morgan fingerprint density at radius 2 is 2.19 bits per heavy atom. The van der Waals surface area contributed by atoms with E-state index in [9.17, 15) is 4.79 Å². The van der Waals surface area contributed by atoms with Crippen molar-refractivity contribution in [2.24, 2.45) is 13.0 Å². The van der Waals surface area contributed by atoms with Gasteiger partial charge in [0.1, 0.15) is 0 Å². The molecule has 1 aromatic heterocycles. The summed E-state index contributed by atoms with van der Waals surface area (Å²) >= 11 is 0. The third kappa shape index (κ3) is 1.96. The third-order valence-corrected chi connectivity index (χ3v) is 3.37. The van der Waals surface area contributed by atoms with Crippen molar-refractivity contribution in [3.8, 4) is 0 Å². The molecular weight excluding hydrogens is 204 g/mol. The lowest BCUT2D eigenvalue weighted by molar-refractivity contribution is -0.141. The molecule has 0 aromatic carbocycles. The number of nitrogens with zero attached hydrogens (tertiary/aromatic N) is 2. The van der Waals surface area contributed by atoms with Gasteiger partial charge in [-0.25, -0.2) is 0 Å².